The maximum Gasteiger partial charge on any atom is 0.333 e. The Labute approximate surface area is 146 Å². The van der Waals surface area contributed by atoms with Crippen LogP contribution < -0.4 is 15.4 Å². The van der Waals surface area contributed by atoms with Crippen LogP contribution in [0.2, 0.25) is 0 Å². The number of carboxylic acids is 1. The highest BCUT2D eigenvalue weighted by atomic mass is 16.5. The predicted molar refractivity (Wildman–Crippen MR) is 90.4 cm³/mol. The van der Waals surface area contributed by atoms with Crippen LogP contribution in [0.3, 0.4) is 0 Å². The van der Waals surface area contributed by atoms with Gasteiger partial charge in [0, 0.05) is 0 Å². The molecule has 1 atom stereocenters. The number of esters is 1. The molecule has 0 radical (unpaired) electrons. The Kier molecular flexibility index (Phi) is 7.22. The van der Waals surface area contributed by atoms with E-state index in [0.29, 0.717) is 11.3 Å². The Morgan fingerprint density at radius 1 is 1.20 bits per heavy atom. The van der Waals surface area contributed by atoms with Crippen molar-refractivity contribution in [1.82, 2.24) is 10.6 Å². The predicted octanol–water partition coefficient (Wildman–Crippen LogP) is 1.64. The highest BCUT2D eigenvalue weighted by Gasteiger charge is 2.37. The molecule has 1 aromatic rings. The van der Waals surface area contributed by atoms with Gasteiger partial charge in [-0.15, -0.1) is 0 Å². The summed E-state index contributed by atoms with van der Waals surface area (Å²) < 4.78 is 10.2. The van der Waals surface area contributed by atoms with Gasteiger partial charge in [-0.25, -0.2) is 9.59 Å². The van der Waals surface area contributed by atoms with Crippen LogP contribution in [-0.2, 0) is 19.9 Å². The maximum atomic E-state index is 11.9. The standard InChI is InChI=1S/C17H24N2O6/c1-5-24-14(20)10-18-16(23)19-17(4,15(21)22)12-6-8-13(9-7-12)25-11(2)3/h6-9,11H,5,10H2,1-4H3,(H,21,22)(H2,18,19,23). The highest BCUT2D eigenvalue weighted by Crippen LogP contribution is 2.24. The molecule has 0 heterocycles. The molecule has 1 aromatic carbocycles. The highest BCUT2D eigenvalue weighted by molar-refractivity contribution is 5.88. The van der Waals surface area contributed by atoms with Gasteiger partial charge >= 0.3 is 18.0 Å². The van der Waals surface area contributed by atoms with Crippen LogP contribution in [0.1, 0.15) is 33.3 Å². The number of carbonyl (C=O) groups is 3. The van der Waals surface area contributed by atoms with Crippen LogP contribution in [-0.4, -0.2) is 42.3 Å². The summed E-state index contributed by atoms with van der Waals surface area (Å²) in [6.45, 7) is 6.61. The Hall–Kier alpha value is -2.77. The third-order valence-electron chi connectivity index (χ3n) is 3.29. The summed E-state index contributed by atoms with van der Waals surface area (Å²) in [6.07, 6.45) is -0.0107. The number of hydrogen-bond donors (Lipinski definition) is 3. The molecule has 0 saturated heterocycles. The smallest absolute Gasteiger partial charge is 0.333 e. The topological polar surface area (TPSA) is 114 Å². The van der Waals surface area contributed by atoms with E-state index in [9.17, 15) is 19.5 Å². The van der Waals surface area contributed by atoms with Gasteiger partial charge in [0.05, 0.1) is 12.7 Å². The molecule has 0 spiro atoms. The minimum atomic E-state index is -1.67. The van der Waals surface area contributed by atoms with Gasteiger partial charge in [0.1, 0.15) is 12.3 Å². The van der Waals surface area contributed by atoms with Gasteiger partial charge in [0.25, 0.3) is 0 Å². The van der Waals surface area contributed by atoms with E-state index in [-0.39, 0.29) is 19.3 Å². The first-order valence-corrected chi connectivity index (χ1v) is 7.91. The second-order valence-electron chi connectivity index (χ2n) is 5.73. The monoisotopic (exact) mass is 352 g/mol. The van der Waals surface area contributed by atoms with Gasteiger partial charge in [-0.1, -0.05) is 12.1 Å². The molecule has 0 bridgehead atoms. The summed E-state index contributed by atoms with van der Waals surface area (Å²) in [7, 11) is 0. The largest absolute Gasteiger partial charge is 0.491 e. The average molecular weight is 352 g/mol. The van der Waals surface area contributed by atoms with E-state index in [2.05, 4.69) is 15.4 Å². The summed E-state index contributed by atoms with van der Waals surface area (Å²) in [5.74, 6) is -1.25. The summed E-state index contributed by atoms with van der Waals surface area (Å²) in [6, 6.07) is 5.61. The number of urea groups is 1. The molecule has 0 aromatic heterocycles. The van der Waals surface area contributed by atoms with E-state index >= 15 is 0 Å². The second kappa shape index (κ2) is 8.91. The van der Waals surface area contributed by atoms with Crippen molar-refractivity contribution in [2.24, 2.45) is 0 Å². The zero-order valence-corrected chi connectivity index (χ0v) is 14.8. The first-order chi connectivity index (χ1) is 11.7. The number of hydrogen-bond acceptors (Lipinski definition) is 5. The summed E-state index contributed by atoms with van der Waals surface area (Å²) >= 11 is 0. The van der Waals surface area contributed by atoms with Crippen LogP contribution in [0.25, 0.3) is 0 Å². The molecule has 138 valence electrons. The van der Waals surface area contributed by atoms with Gasteiger partial charge in [-0.3, -0.25) is 4.79 Å². The molecule has 1 unspecified atom stereocenters. The first-order valence-electron chi connectivity index (χ1n) is 7.91. The van der Waals surface area contributed by atoms with Gasteiger partial charge in [0.2, 0.25) is 0 Å². The number of ether oxygens (including phenoxy) is 2. The van der Waals surface area contributed by atoms with Crippen LogP contribution in [0.15, 0.2) is 24.3 Å². The molecule has 8 nitrogen and oxygen atoms in total. The van der Waals surface area contributed by atoms with Crippen LogP contribution in [0, 0.1) is 0 Å². The maximum absolute atomic E-state index is 11.9. The van der Waals surface area contributed by atoms with Crippen LogP contribution >= 0.6 is 0 Å². The molecule has 1 rings (SSSR count). The lowest BCUT2D eigenvalue weighted by Crippen LogP contribution is -2.53. The molecular formula is C17H24N2O6. The minimum Gasteiger partial charge on any atom is -0.491 e. The average Bonchev–Trinajstić information content (AvgIpc) is 2.53. The molecule has 3 N–H and O–H groups in total. The minimum absolute atomic E-state index is 0.0107. The lowest BCUT2D eigenvalue weighted by Gasteiger charge is -2.27. The van der Waals surface area contributed by atoms with Gasteiger partial charge < -0.3 is 25.2 Å². The number of nitrogens with one attached hydrogen (secondary N) is 2. The number of aliphatic carboxylic acids is 1. The molecule has 25 heavy (non-hydrogen) atoms. The Morgan fingerprint density at radius 3 is 2.28 bits per heavy atom. The molecule has 2 amide bonds. The molecule has 0 aliphatic heterocycles. The molecule has 0 saturated carbocycles. The number of carbonyl (C=O) groups excluding carboxylic acids is 2. The van der Waals surface area contributed by atoms with Crippen LogP contribution in [0.5, 0.6) is 5.75 Å². The molecule has 0 aliphatic rings. The fourth-order valence-corrected chi connectivity index (χ4v) is 2.02. The van der Waals surface area contributed by atoms with E-state index in [1.807, 2.05) is 13.8 Å². The van der Waals surface area contributed by atoms with Gasteiger partial charge in [0.15, 0.2) is 5.54 Å². The molecular weight excluding hydrogens is 328 g/mol. The summed E-state index contributed by atoms with van der Waals surface area (Å²) in [4.78, 5) is 34.9. The Balaban J connectivity index is 2.84. The molecule has 8 heteroatoms. The number of benzene rings is 1. The Bertz CT molecular complexity index is 614. The fraction of sp³-hybridized carbons (Fsp3) is 0.471. The van der Waals surface area contributed by atoms with Crippen molar-refractivity contribution in [3.05, 3.63) is 29.8 Å². The third-order valence-corrected chi connectivity index (χ3v) is 3.29. The van der Waals surface area contributed by atoms with Crippen molar-refractivity contribution >= 4 is 18.0 Å². The zero-order valence-electron chi connectivity index (χ0n) is 14.8. The zero-order chi connectivity index (χ0) is 19.0. The van der Waals surface area contributed by atoms with E-state index < -0.39 is 23.5 Å². The van der Waals surface area contributed by atoms with Crippen molar-refractivity contribution in [3.8, 4) is 5.75 Å². The van der Waals surface area contributed by atoms with Crippen molar-refractivity contribution < 1.29 is 29.0 Å². The van der Waals surface area contributed by atoms with Crippen molar-refractivity contribution in [1.29, 1.82) is 0 Å². The SMILES string of the molecule is CCOC(=O)CNC(=O)NC(C)(C(=O)O)c1ccc(OC(C)C)cc1. The molecule has 0 fully saturated rings. The Morgan fingerprint density at radius 2 is 1.80 bits per heavy atom. The lowest BCUT2D eigenvalue weighted by atomic mass is 9.92. The summed E-state index contributed by atoms with van der Waals surface area (Å²) in [5, 5.41) is 14.2. The first kappa shape index (κ1) is 20.3. The van der Waals surface area contributed by atoms with Crippen molar-refractivity contribution in [2.45, 2.75) is 39.3 Å². The van der Waals surface area contributed by atoms with Gasteiger partial charge in [-0.05, 0) is 45.4 Å². The fourth-order valence-electron chi connectivity index (χ4n) is 2.02. The van der Waals surface area contributed by atoms with Crippen LogP contribution in [0.4, 0.5) is 4.79 Å². The number of carboxylic acid groups (broad SMARTS) is 1. The van der Waals surface area contributed by atoms with E-state index in [1.165, 1.54) is 6.92 Å². The van der Waals surface area contributed by atoms with Crippen molar-refractivity contribution in [3.63, 3.8) is 0 Å². The van der Waals surface area contributed by atoms with Crippen molar-refractivity contribution in [2.75, 3.05) is 13.2 Å². The van der Waals surface area contributed by atoms with E-state index in [0.717, 1.165) is 0 Å². The number of amides is 2. The van der Waals surface area contributed by atoms with E-state index in [1.54, 1.807) is 31.2 Å². The normalized spacial score (nSPS) is 12.8. The summed E-state index contributed by atoms with van der Waals surface area (Å²) in [5.41, 5.74) is -1.31. The van der Waals surface area contributed by atoms with Gasteiger partial charge in [-0.2, -0.15) is 0 Å². The third kappa shape index (κ3) is 5.98. The quantitative estimate of drug-likeness (QED) is 0.613. The van der Waals surface area contributed by atoms with E-state index in [4.69, 9.17) is 4.74 Å². The number of rotatable bonds is 8. The molecule has 0 aliphatic carbocycles. The lowest BCUT2D eigenvalue weighted by molar-refractivity contribution is -0.144. The second-order valence-corrected chi connectivity index (χ2v) is 5.73.